The number of hydrogen-bond acceptors (Lipinski definition) is 2. The number of rotatable bonds is 3. The maximum absolute atomic E-state index is 13.4. The predicted molar refractivity (Wildman–Crippen MR) is 116 cm³/mol. The van der Waals surface area contributed by atoms with Gasteiger partial charge >= 0.3 is 0 Å². The van der Waals surface area contributed by atoms with Crippen LogP contribution in [0.25, 0.3) is 17.1 Å². The molecule has 0 atom stereocenters. The molecular weight excluding hydrogens is 405 g/mol. The van der Waals surface area contributed by atoms with Crippen molar-refractivity contribution in [3.63, 3.8) is 0 Å². The number of halogens is 2. The highest BCUT2D eigenvalue weighted by Gasteiger charge is 2.36. The standard InChI is InChI=1S/C23H15Cl2N3O/c24-16-9-11-19(12-10-16)28-21-20(26-22(28)15-5-4-6-17(25)13-15)14-27(23(21)29)18-7-2-1-3-8-18/h1-13H,14H2. The number of carbonyl (C=O) groups is 1. The fraction of sp³-hybridized carbons (Fsp3) is 0.0435. The first kappa shape index (κ1) is 18.0. The molecule has 0 saturated carbocycles. The van der Waals surface area contributed by atoms with Crippen molar-refractivity contribution in [3.8, 4) is 17.1 Å². The predicted octanol–water partition coefficient (Wildman–Crippen LogP) is 6.01. The number of anilines is 1. The number of carbonyl (C=O) groups excluding carboxylic acids is 1. The van der Waals surface area contributed by atoms with Gasteiger partial charge in [0.1, 0.15) is 11.5 Å². The summed E-state index contributed by atoms with van der Waals surface area (Å²) in [5, 5.41) is 1.25. The first-order valence-electron chi connectivity index (χ1n) is 9.12. The molecular formula is C23H15Cl2N3O. The van der Waals surface area contributed by atoms with Gasteiger partial charge < -0.3 is 4.90 Å². The minimum atomic E-state index is -0.0815. The number of aromatic nitrogens is 2. The van der Waals surface area contributed by atoms with Crippen LogP contribution in [-0.4, -0.2) is 15.5 Å². The maximum atomic E-state index is 13.4. The average Bonchev–Trinajstić information content (AvgIpc) is 3.26. The van der Waals surface area contributed by atoms with E-state index in [-0.39, 0.29) is 5.91 Å². The van der Waals surface area contributed by atoms with Crippen LogP contribution in [0.2, 0.25) is 10.0 Å². The topological polar surface area (TPSA) is 38.1 Å². The quantitative estimate of drug-likeness (QED) is 0.407. The van der Waals surface area contributed by atoms with Gasteiger partial charge in [0.25, 0.3) is 5.91 Å². The molecule has 0 N–H and O–H groups in total. The van der Waals surface area contributed by atoms with Gasteiger partial charge in [-0.1, -0.05) is 53.5 Å². The molecule has 1 aliphatic rings. The molecule has 0 aliphatic carbocycles. The van der Waals surface area contributed by atoms with Crippen LogP contribution in [0.4, 0.5) is 5.69 Å². The Balaban J connectivity index is 1.70. The average molecular weight is 420 g/mol. The number of fused-ring (bicyclic) bond motifs is 1. The summed E-state index contributed by atoms with van der Waals surface area (Å²) >= 11 is 12.3. The monoisotopic (exact) mass is 419 g/mol. The van der Waals surface area contributed by atoms with Gasteiger partial charge in [0.15, 0.2) is 0 Å². The molecule has 4 nitrogen and oxygen atoms in total. The van der Waals surface area contributed by atoms with Crippen LogP contribution in [0, 0.1) is 0 Å². The minimum Gasteiger partial charge on any atom is -0.301 e. The molecule has 0 saturated heterocycles. The van der Waals surface area contributed by atoms with Gasteiger partial charge in [0.2, 0.25) is 0 Å². The molecule has 4 aromatic rings. The van der Waals surface area contributed by atoms with E-state index in [2.05, 4.69) is 0 Å². The molecule has 6 heteroatoms. The van der Waals surface area contributed by atoms with Crippen molar-refractivity contribution in [1.82, 2.24) is 9.55 Å². The van der Waals surface area contributed by atoms with E-state index in [1.54, 1.807) is 17.0 Å². The molecule has 1 amide bonds. The molecule has 0 radical (unpaired) electrons. The van der Waals surface area contributed by atoms with Gasteiger partial charge in [-0.2, -0.15) is 0 Å². The third-order valence-corrected chi connectivity index (χ3v) is 5.43. The summed E-state index contributed by atoms with van der Waals surface area (Å²) in [7, 11) is 0. The van der Waals surface area contributed by atoms with Crippen molar-refractivity contribution >= 4 is 34.8 Å². The molecule has 142 valence electrons. The zero-order valence-corrected chi connectivity index (χ0v) is 16.7. The number of amides is 1. The van der Waals surface area contributed by atoms with Crippen LogP contribution in [0.15, 0.2) is 78.9 Å². The highest BCUT2D eigenvalue weighted by Crippen LogP contribution is 2.35. The van der Waals surface area contributed by atoms with E-state index in [4.69, 9.17) is 28.2 Å². The molecule has 0 fully saturated rings. The number of benzene rings is 3. The summed E-state index contributed by atoms with van der Waals surface area (Å²) in [5.74, 6) is 0.600. The zero-order valence-electron chi connectivity index (χ0n) is 15.2. The van der Waals surface area contributed by atoms with E-state index in [9.17, 15) is 4.79 Å². The largest absolute Gasteiger partial charge is 0.301 e. The summed E-state index contributed by atoms with van der Waals surface area (Å²) in [4.78, 5) is 20.0. The van der Waals surface area contributed by atoms with Crippen molar-refractivity contribution < 1.29 is 4.79 Å². The highest BCUT2D eigenvalue weighted by molar-refractivity contribution is 6.31. The summed E-state index contributed by atoms with van der Waals surface area (Å²) in [6, 6.07) is 24.5. The Morgan fingerprint density at radius 3 is 2.28 bits per heavy atom. The Labute approximate surface area is 177 Å². The molecule has 0 unspecified atom stereocenters. The van der Waals surface area contributed by atoms with Crippen LogP contribution in [0.3, 0.4) is 0 Å². The van der Waals surface area contributed by atoms with E-state index >= 15 is 0 Å². The Morgan fingerprint density at radius 1 is 0.793 bits per heavy atom. The minimum absolute atomic E-state index is 0.0815. The molecule has 0 bridgehead atoms. The van der Waals surface area contributed by atoms with Gasteiger partial charge in [-0.25, -0.2) is 4.98 Å². The van der Waals surface area contributed by atoms with Crippen LogP contribution in [0.1, 0.15) is 16.2 Å². The van der Waals surface area contributed by atoms with Gasteiger partial charge in [0.05, 0.1) is 12.2 Å². The lowest BCUT2D eigenvalue weighted by molar-refractivity contribution is 0.0990. The lowest BCUT2D eigenvalue weighted by Crippen LogP contribution is -2.25. The lowest BCUT2D eigenvalue weighted by Gasteiger charge is -2.17. The number of nitrogens with zero attached hydrogens (tertiary/aromatic N) is 3. The van der Waals surface area contributed by atoms with Gasteiger partial charge in [-0.05, 0) is 48.5 Å². The third-order valence-electron chi connectivity index (χ3n) is 4.94. The number of hydrogen-bond donors (Lipinski definition) is 0. The maximum Gasteiger partial charge on any atom is 0.277 e. The summed E-state index contributed by atoms with van der Waals surface area (Å²) in [6.07, 6.45) is 0. The SMILES string of the molecule is O=C1c2c(nc(-c3cccc(Cl)c3)n2-c2ccc(Cl)cc2)CN1c1ccccc1. The Morgan fingerprint density at radius 2 is 1.55 bits per heavy atom. The Bertz CT molecular complexity index is 1220. The lowest BCUT2D eigenvalue weighted by atomic mass is 10.2. The van der Waals surface area contributed by atoms with Gasteiger partial charge in [-0.15, -0.1) is 0 Å². The Hall–Kier alpha value is -3.08. The number of imidazole rings is 1. The van der Waals surface area contributed by atoms with Crippen molar-refractivity contribution in [3.05, 3.63) is 100 Å². The molecule has 1 aromatic heterocycles. The molecule has 2 heterocycles. The molecule has 3 aromatic carbocycles. The van der Waals surface area contributed by atoms with E-state index in [1.807, 2.05) is 71.3 Å². The summed E-state index contributed by atoms with van der Waals surface area (Å²) in [6.45, 7) is 0.423. The smallest absolute Gasteiger partial charge is 0.277 e. The first-order chi connectivity index (χ1) is 14.1. The Kier molecular flexibility index (Phi) is 4.38. The van der Waals surface area contributed by atoms with Crippen LogP contribution >= 0.6 is 23.2 Å². The second-order valence-electron chi connectivity index (χ2n) is 6.78. The van der Waals surface area contributed by atoms with Gasteiger partial charge in [0, 0.05) is 27.0 Å². The third kappa shape index (κ3) is 3.11. The van der Waals surface area contributed by atoms with Crippen LogP contribution in [-0.2, 0) is 6.54 Å². The van der Waals surface area contributed by atoms with Crippen LogP contribution < -0.4 is 4.90 Å². The molecule has 1 aliphatic heterocycles. The summed E-state index contributed by atoms with van der Waals surface area (Å²) < 4.78 is 1.89. The normalized spacial score (nSPS) is 13.0. The second-order valence-corrected chi connectivity index (χ2v) is 7.65. The van der Waals surface area contributed by atoms with Crippen LogP contribution in [0.5, 0.6) is 0 Å². The van der Waals surface area contributed by atoms with Gasteiger partial charge in [-0.3, -0.25) is 9.36 Å². The molecule has 0 spiro atoms. The van der Waals surface area contributed by atoms with E-state index < -0.39 is 0 Å². The van der Waals surface area contributed by atoms with E-state index in [0.717, 1.165) is 22.6 Å². The molecule has 5 rings (SSSR count). The summed E-state index contributed by atoms with van der Waals surface area (Å²) in [5.41, 5.74) is 3.82. The fourth-order valence-electron chi connectivity index (χ4n) is 3.62. The van der Waals surface area contributed by atoms with Crippen molar-refractivity contribution in [2.75, 3.05) is 4.90 Å². The fourth-order valence-corrected chi connectivity index (χ4v) is 3.94. The van der Waals surface area contributed by atoms with Crippen molar-refractivity contribution in [2.24, 2.45) is 0 Å². The number of para-hydroxylation sites is 1. The second kappa shape index (κ2) is 7.07. The van der Waals surface area contributed by atoms with Crippen molar-refractivity contribution in [2.45, 2.75) is 6.54 Å². The highest BCUT2D eigenvalue weighted by atomic mass is 35.5. The first-order valence-corrected chi connectivity index (χ1v) is 9.88. The zero-order chi connectivity index (χ0) is 20.0. The molecule has 29 heavy (non-hydrogen) atoms. The van der Waals surface area contributed by atoms with E-state index in [1.165, 1.54) is 0 Å². The van der Waals surface area contributed by atoms with Crippen molar-refractivity contribution in [1.29, 1.82) is 0 Å². The van der Waals surface area contributed by atoms with E-state index in [0.29, 0.717) is 28.1 Å².